The molecule has 0 aliphatic rings. The minimum Gasteiger partial charge on any atom is -0.477 e. The highest BCUT2D eigenvalue weighted by Crippen LogP contribution is 2.29. The smallest absolute Gasteiger partial charge is 0.354 e. The maximum Gasteiger partial charge on any atom is 0.354 e. The van der Waals surface area contributed by atoms with Gasteiger partial charge in [-0.05, 0) is 31.4 Å². The molecule has 0 unspecified atom stereocenters. The van der Waals surface area contributed by atoms with Crippen molar-refractivity contribution >= 4 is 11.6 Å². The maximum absolute atomic E-state index is 11.4. The van der Waals surface area contributed by atoms with Gasteiger partial charge in [-0.1, -0.05) is 43.7 Å². The monoisotopic (exact) mass is 309 g/mol. The van der Waals surface area contributed by atoms with Crippen LogP contribution in [0.5, 0.6) is 0 Å². The van der Waals surface area contributed by atoms with Crippen molar-refractivity contribution in [1.82, 2.24) is 14.6 Å². The number of fused-ring (bicyclic) bond motifs is 1. The molecular weight excluding hydrogens is 290 g/mol. The molecule has 2 aromatic heterocycles. The average molecular weight is 309 g/mol. The summed E-state index contributed by atoms with van der Waals surface area (Å²) >= 11 is 0. The summed E-state index contributed by atoms with van der Waals surface area (Å²) in [4.78, 5) is 15.8. The lowest BCUT2D eigenvalue weighted by atomic mass is 10.0. The van der Waals surface area contributed by atoms with Crippen LogP contribution in [0.3, 0.4) is 0 Å². The molecule has 1 N–H and O–H groups in total. The van der Waals surface area contributed by atoms with Crippen LogP contribution >= 0.6 is 0 Å². The standard InChI is InChI=1S/C18H19N3O2/c1-10(2)15-9-14(18(22)23)19-17-16(12(4)20-21(15)17)13-7-5-11(3)6-8-13/h5-10H,1-4H3,(H,22,23). The first kappa shape index (κ1) is 15.2. The lowest BCUT2D eigenvalue weighted by Crippen LogP contribution is -2.09. The summed E-state index contributed by atoms with van der Waals surface area (Å²) in [7, 11) is 0. The predicted octanol–water partition coefficient (Wildman–Crippen LogP) is 3.83. The zero-order chi connectivity index (χ0) is 16.7. The molecule has 0 aliphatic heterocycles. The number of aromatic carboxylic acids is 1. The van der Waals surface area contributed by atoms with Gasteiger partial charge in [-0.15, -0.1) is 0 Å². The van der Waals surface area contributed by atoms with Crippen molar-refractivity contribution in [2.75, 3.05) is 0 Å². The van der Waals surface area contributed by atoms with Gasteiger partial charge in [0.25, 0.3) is 0 Å². The molecule has 0 atom stereocenters. The summed E-state index contributed by atoms with van der Waals surface area (Å²) in [6.45, 7) is 7.99. The number of carboxylic acids is 1. The van der Waals surface area contributed by atoms with Gasteiger partial charge in [-0.25, -0.2) is 14.3 Å². The zero-order valence-electron chi connectivity index (χ0n) is 13.7. The average Bonchev–Trinajstić information content (AvgIpc) is 2.82. The second-order valence-corrected chi connectivity index (χ2v) is 6.09. The largest absolute Gasteiger partial charge is 0.477 e. The van der Waals surface area contributed by atoms with E-state index in [1.807, 2.05) is 52.0 Å². The van der Waals surface area contributed by atoms with Crippen molar-refractivity contribution in [3.8, 4) is 11.1 Å². The van der Waals surface area contributed by atoms with Gasteiger partial charge in [0.2, 0.25) is 0 Å². The molecule has 0 bridgehead atoms. The van der Waals surface area contributed by atoms with E-state index in [1.54, 1.807) is 10.6 Å². The Morgan fingerprint density at radius 2 is 1.83 bits per heavy atom. The Hall–Kier alpha value is -2.69. The van der Waals surface area contributed by atoms with Crippen LogP contribution < -0.4 is 0 Å². The van der Waals surface area contributed by atoms with Crippen LogP contribution in [0.2, 0.25) is 0 Å². The molecule has 0 saturated heterocycles. The summed E-state index contributed by atoms with van der Waals surface area (Å²) in [5.74, 6) is -0.883. The van der Waals surface area contributed by atoms with E-state index in [9.17, 15) is 9.90 Å². The normalized spacial score (nSPS) is 11.3. The van der Waals surface area contributed by atoms with Gasteiger partial charge in [-0.3, -0.25) is 0 Å². The fourth-order valence-corrected chi connectivity index (χ4v) is 2.72. The van der Waals surface area contributed by atoms with Gasteiger partial charge in [0.15, 0.2) is 11.3 Å². The Labute approximate surface area is 134 Å². The van der Waals surface area contributed by atoms with Gasteiger partial charge >= 0.3 is 5.97 Å². The third-order valence-electron chi connectivity index (χ3n) is 3.94. The number of hydrogen-bond donors (Lipinski definition) is 1. The molecule has 0 amide bonds. The summed E-state index contributed by atoms with van der Waals surface area (Å²) in [5, 5.41) is 14.0. The fraction of sp³-hybridized carbons (Fsp3) is 0.278. The van der Waals surface area contributed by atoms with Crippen LogP contribution in [0.25, 0.3) is 16.8 Å². The van der Waals surface area contributed by atoms with E-state index >= 15 is 0 Å². The van der Waals surface area contributed by atoms with Crippen LogP contribution in [-0.2, 0) is 0 Å². The predicted molar refractivity (Wildman–Crippen MR) is 88.9 cm³/mol. The molecule has 0 saturated carbocycles. The molecule has 3 rings (SSSR count). The highest BCUT2D eigenvalue weighted by Gasteiger charge is 2.19. The number of carbonyl (C=O) groups is 1. The third kappa shape index (κ3) is 2.59. The van der Waals surface area contributed by atoms with Crippen LogP contribution in [-0.4, -0.2) is 25.7 Å². The highest BCUT2D eigenvalue weighted by molar-refractivity contribution is 5.88. The third-order valence-corrected chi connectivity index (χ3v) is 3.94. The number of rotatable bonds is 3. The molecule has 3 aromatic rings. The summed E-state index contributed by atoms with van der Waals surface area (Å²) in [6.07, 6.45) is 0. The highest BCUT2D eigenvalue weighted by atomic mass is 16.4. The quantitative estimate of drug-likeness (QED) is 0.798. The Kier molecular flexibility index (Phi) is 3.64. The van der Waals surface area contributed by atoms with Crippen molar-refractivity contribution in [3.63, 3.8) is 0 Å². The van der Waals surface area contributed by atoms with Crippen molar-refractivity contribution in [3.05, 3.63) is 53.0 Å². The minimum absolute atomic E-state index is 0.0504. The topological polar surface area (TPSA) is 67.5 Å². The molecule has 5 heteroatoms. The minimum atomic E-state index is -1.02. The first-order valence-corrected chi connectivity index (χ1v) is 7.59. The van der Waals surface area contributed by atoms with E-state index < -0.39 is 5.97 Å². The number of aromatic nitrogens is 3. The molecule has 2 heterocycles. The van der Waals surface area contributed by atoms with E-state index in [2.05, 4.69) is 10.1 Å². The molecule has 0 spiro atoms. The van der Waals surface area contributed by atoms with Crippen LogP contribution in [0.1, 0.15) is 47.2 Å². The van der Waals surface area contributed by atoms with Crippen molar-refractivity contribution in [1.29, 1.82) is 0 Å². The zero-order valence-corrected chi connectivity index (χ0v) is 13.7. The van der Waals surface area contributed by atoms with Gasteiger partial charge in [-0.2, -0.15) is 5.10 Å². The van der Waals surface area contributed by atoms with Crippen molar-refractivity contribution in [2.45, 2.75) is 33.6 Å². The molecule has 23 heavy (non-hydrogen) atoms. The second kappa shape index (κ2) is 5.50. The van der Waals surface area contributed by atoms with Crippen LogP contribution in [0.15, 0.2) is 30.3 Å². The van der Waals surface area contributed by atoms with Crippen molar-refractivity contribution < 1.29 is 9.90 Å². The Bertz CT molecular complexity index is 893. The lowest BCUT2D eigenvalue weighted by molar-refractivity contribution is 0.0690. The Morgan fingerprint density at radius 1 is 1.17 bits per heavy atom. The van der Waals surface area contributed by atoms with E-state index in [4.69, 9.17) is 0 Å². The molecule has 0 fully saturated rings. The number of nitrogens with zero attached hydrogens (tertiary/aromatic N) is 3. The van der Waals surface area contributed by atoms with E-state index in [-0.39, 0.29) is 11.6 Å². The Balaban J connectivity index is 2.36. The van der Waals surface area contributed by atoms with E-state index in [0.717, 1.165) is 22.5 Å². The second-order valence-electron chi connectivity index (χ2n) is 6.09. The number of hydrogen-bond acceptors (Lipinski definition) is 3. The van der Waals surface area contributed by atoms with Crippen molar-refractivity contribution in [2.24, 2.45) is 0 Å². The molecule has 0 radical (unpaired) electrons. The van der Waals surface area contributed by atoms with Crippen LogP contribution in [0.4, 0.5) is 0 Å². The SMILES string of the molecule is Cc1ccc(-c2c(C)nn3c(C(C)C)cc(C(=O)O)nc23)cc1. The fourth-order valence-electron chi connectivity index (χ4n) is 2.72. The number of benzene rings is 1. The van der Waals surface area contributed by atoms with E-state index in [1.165, 1.54) is 5.56 Å². The first-order chi connectivity index (χ1) is 10.9. The molecule has 118 valence electrons. The molecule has 1 aromatic carbocycles. The maximum atomic E-state index is 11.4. The lowest BCUT2D eigenvalue weighted by Gasteiger charge is -2.09. The van der Waals surface area contributed by atoms with Crippen LogP contribution in [0, 0.1) is 13.8 Å². The van der Waals surface area contributed by atoms with Gasteiger partial charge < -0.3 is 5.11 Å². The van der Waals surface area contributed by atoms with Gasteiger partial charge in [0, 0.05) is 11.3 Å². The van der Waals surface area contributed by atoms with E-state index in [0.29, 0.717) is 5.65 Å². The molecular formula is C18H19N3O2. The number of carboxylic acid groups (broad SMARTS) is 1. The number of aryl methyl sites for hydroxylation is 2. The molecule has 5 nitrogen and oxygen atoms in total. The Morgan fingerprint density at radius 3 is 2.39 bits per heavy atom. The van der Waals surface area contributed by atoms with Gasteiger partial charge in [0.1, 0.15) is 0 Å². The summed E-state index contributed by atoms with van der Waals surface area (Å²) in [6, 6.07) is 9.70. The summed E-state index contributed by atoms with van der Waals surface area (Å²) in [5.41, 5.74) is 5.37. The first-order valence-electron chi connectivity index (χ1n) is 7.59. The van der Waals surface area contributed by atoms with Gasteiger partial charge in [0.05, 0.1) is 5.69 Å². The summed E-state index contributed by atoms with van der Waals surface area (Å²) < 4.78 is 1.77. The molecule has 0 aliphatic carbocycles.